The zero-order chi connectivity index (χ0) is 27.0. The van der Waals surface area contributed by atoms with Crippen LogP contribution in [-0.2, 0) is 12.7 Å². The Kier molecular flexibility index (Phi) is 7.21. The van der Waals surface area contributed by atoms with E-state index < -0.39 is 17.8 Å². The van der Waals surface area contributed by atoms with Crippen LogP contribution in [0.5, 0.6) is 5.75 Å². The third-order valence-corrected chi connectivity index (χ3v) is 6.93. The van der Waals surface area contributed by atoms with Gasteiger partial charge in [0.2, 0.25) is 0 Å². The fourth-order valence-electron chi connectivity index (χ4n) is 4.41. The molecule has 0 unspecified atom stereocenters. The normalized spacial score (nSPS) is 14.7. The van der Waals surface area contributed by atoms with Gasteiger partial charge in [0.25, 0.3) is 5.91 Å². The zero-order valence-corrected chi connectivity index (χ0v) is 21.7. The molecule has 0 spiro atoms. The average Bonchev–Trinajstić information content (AvgIpc) is 3.23. The highest BCUT2D eigenvalue weighted by Gasteiger charge is 2.37. The number of ether oxygens (including phenoxy) is 1. The van der Waals surface area contributed by atoms with E-state index in [1.54, 1.807) is 35.2 Å². The molecule has 4 aromatic rings. The minimum absolute atomic E-state index is 0.0270. The van der Waals surface area contributed by atoms with E-state index in [9.17, 15) is 18.0 Å². The van der Waals surface area contributed by atoms with E-state index in [1.165, 1.54) is 7.11 Å². The number of amides is 1. The van der Waals surface area contributed by atoms with Gasteiger partial charge in [-0.15, -0.1) is 0 Å². The predicted octanol–water partition coefficient (Wildman–Crippen LogP) is 5.69. The number of nitrogens with zero attached hydrogens (tertiary/aromatic N) is 5. The fourth-order valence-corrected chi connectivity index (χ4v) is 4.87. The Morgan fingerprint density at radius 2 is 1.76 bits per heavy atom. The lowest BCUT2D eigenvalue weighted by Gasteiger charge is -2.34. The molecular formula is C26H22Cl2F3N5O2. The Bertz CT molecular complexity index is 1500. The van der Waals surface area contributed by atoms with Gasteiger partial charge in [-0.05, 0) is 35.9 Å². The Morgan fingerprint density at radius 3 is 2.45 bits per heavy atom. The van der Waals surface area contributed by atoms with E-state index in [0.717, 1.165) is 11.6 Å². The van der Waals surface area contributed by atoms with Gasteiger partial charge in [-0.1, -0.05) is 47.5 Å². The second kappa shape index (κ2) is 10.4. The maximum absolute atomic E-state index is 14.0. The number of hydrogen-bond donors (Lipinski definition) is 0. The quantitative estimate of drug-likeness (QED) is 0.312. The predicted molar refractivity (Wildman–Crippen MR) is 138 cm³/mol. The van der Waals surface area contributed by atoms with Gasteiger partial charge in [0, 0.05) is 43.3 Å². The molecule has 1 amide bonds. The van der Waals surface area contributed by atoms with Crippen LogP contribution >= 0.6 is 23.2 Å². The van der Waals surface area contributed by atoms with Crippen LogP contribution in [0, 0.1) is 0 Å². The number of aromatic nitrogens is 3. The second-order valence-electron chi connectivity index (χ2n) is 8.85. The first-order chi connectivity index (χ1) is 18.1. The summed E-state index contributed by atoms with van der Waals surface area (Å²) in [5.41, 5.74) is -0.124. The number of carbonyl (C=O) groups excluding carboxylic acids is 1. The van der Waals surface area contributed by atoms with E-state index in [4.69, 9.17) is 27.9 Å². The lowest BCUT2D eigenvalue weighted by molar-refractivity contribution is -0.142. The molecule has 0 radical (unpaired) electrons. The zero-order valence-electron chi connectivity index (χ0n) is 20.2. The molecule has 1 fully saturated rings. The van der Waals surface area contributed by atoms with Crippen LogP contribution < -0.4 is 4.74 Å². The largest absolute Gasteiger partial charge is 0.497 e. The molecule has 2 aromatic carbocycles. The van der Waals surface area contributed by atoms with Gasteiger partial charge in [0.1, 0.15) is 10.8 Å². The molecule has 1 aliphatic rings. The number of halogens is 5. The van der Waals surface area contributed by atoms with Crippen molar-refractivity contribution < 1.29 is 22.7 Å². The molecule has 0 atom stereocenters. The fraction of sp³-hybridized carbons (Fsp3) is 0.269. The number of fused-ring (bicyclic) bond motifs is 1. The molecule has 7 nitrogen and oxygen atoms in total. The molecule has 1 aliphatic heterocycles. The summed E-state index contributed by atoms with van der Waals surface area (Å²) in [5.74, 6) is -0.0818. The monoisotopic (exact) mass is 563 g/mol. The molecular weight excluding hydrogens is 542 g/mol. The van der Waals surface area contributed by atoms with E-state index in [2.05, 4.69) is 15.0 Å². The number of hydrogen-bond acceptors (Lipinski definition) is 5. The molecule has 0 aliphatic carbocycles. The van der Waals surface area contributed by atoms with Gasteiger partial charge in [-0.3, -0.25) is 9.69 Å². The summed E-state index contributed by atoms with van der Waals surface area (Å²) in [4.78, 5) is 21.3. The number of carbonyl (C=O) groups is 1. The first-order valence-corrected chi connectivity index (χ1v) is 12.5. The SMILES string of the molecule is COc1cccc(-c2cc(C(F)(F)F)n3nc(C(=O)N4CCN(Cc5cccc(Cl)c5)CC4)c(Cl)c3n2)c1. The third-order valence-electron chi connectivity index (χ3n) is 6.35. The third kappa shape index (κ3) is 5.29. The summed E-state index contributed by atoms with van der Waals surface area (Å²) < 4.78 is 47.9. The molecule has 198 valence electrons. The Hall–Kier alpha value is -3.34. The van der Waals surface area contributed by atoms with Crippen LogP contribution in [0.15, 0.2) is 54.6 Å². The number of methoxy groups -OCH3 is 1. The van der Waals surface area contributed by atoms with Crippen molar-refractivity contribution >= 4 is 34.8 Å². The van der Waals surface area contributed by atoms with Crippen molar-refractivity contribution in [1.29, 1.82) is 0 Å². The van der Waals surface area contributed by atoms with E-state index in [-0.39, 0.29) is 22.1 Å². The molecule has 38 heavy (non-hydrogen) atoms. The molecule has 1 saturated heterocycles. The van der Waals surface area contributed by atoms with Crippen molar-refractivity contribution in [3.63, 3.8) is 0 Å². The highest BCUT2D eigenvalue weighted by Crippen LogP contribution is 2.35. The van der Waals surface area contributed by atoms with Crippen LogP contribution in [0.1, 0.15) is 21.7 Å². The summed E-state index contributed by atoms with van der Waals surface area (Å²) >= 11 is 12.5. The number of rotatable bonds is 5. The lowest BCUT2D eigenvalue weighted by Crippen LogP contribution is -2.48. The van der Waals surface area contributed by atoms with Gasteiger partial charge in [-0.25, -0.2) is 9.50 Å². The topological polar surface area (TPSA) is 63.0 Å². The first-order valence-electron chi connectivity index (χ1n) is 11.7. The highest BCUT2D eigenvalue weighted by molar-refractivity contribution is 6.36. The Balaban J connectivity index is 1.42. The summed E-state index contributed by atoms with van der Waals surface area (Å²) in [6.45, 7) is 2.57. The van der Waals surface area contributed by atoms with Gasteiger partial charge in [-0.2, -0.15) is 18.3 Å². The van der Waals surface area contributed by atoms with Gasteiger partial charge < -0.3 is 9.64 Å². The van der Waals surface area contributed by atoms with E-state index >= 15 is 0 Å². The highest BCUT2D eigenvalue weighted by atomic mass is 35.5. The van der Waals surface area contributed by atoms with Crippen molar-refractivity contribution in [1.82, 2.24) is 24.4 Å². The minimum Gasteiger partial charge on any atom is -0.497 e. The summed E-state index contributed by atoms with van der Waals surface area (Å²) in [5, 5.41) is 4.40. The molecule has 0 N–H and O–H groups in total. The molecule has 12 heteroatoms. The van der Waals surface area contributed by atoms with Crippen molar-refractivity contribution in [3.05, 3.63) is 81.6 Å². The lowest BCUT2D eigenvalue weighted by atomic mass is 10.1. The van der Waals surface area contributed by atoms with Crippen molar-refractivity contribution in [2.24, 2.45) is 0 Å². The van der Waals surface area contributed by atoms with Crippen LogP contribution in [0.25, 0.3) is 16.9 Å². The van der Waals surface area contributed by atoms with Gasteiger partial charge in [0.05, 0.1) is 12.8 Å². The number of piperazine rings is 1. The molecule has 0 saturated carbocycles. The maximum atomic E-state index is 14.0. The van der Waals surface area contributed by atoms with Crippen molar-refractivity contribution in [2.75, 3.05) is 33.3 Å². The van der Waals surface area contributed by atoms with Gasteiger partial charge in [0.15, 0.2) is 17.0 Å². The minimum atomic E-state index is -4.77. The molecule has 0 bridgehead atoms. The summed E-state index contributed by atoms with van der Waals surface area (Å²) in [6, 6.07) is 14.9. The Morgan fingerprint density at radius 1 is 1.03 bits per heavy atom. The summed E-state index contributed by atoms with van der Waals surface area (Å²) in [7, 11) is 1.46. The van der Waals surface area contributed by atoms with E-state index in [0.29, 0.717) is 53.6 Å². The number of alkyl halides is 3. The van der Waals surface area contributed by atoms with Crippen LogP contribution in [0.2, 0.25) is 10.0 Å². The first kappa shape index (κ1) is 26.3. The van der Waals surface area contributed by atoms with Crippen molar-refractivity contribution in [2.45, 2.75) is 12.7 Å². The number of benzene rings is 2. The molecule has 5 rings (SSSR count). The van der Waals surface area contributed by atoms with Crippen molar-refractivity contribution in [3.8, 4) is 17.0 Å². The molecule has 2 aromatic heterocycles. The van der Waals surface area contributed by atoms with Crippen LogP contribution in [0.3, 0.4) is 0 Å². The van der Waals surface area contributed by atoms with Gasteiger partial charge >= 0.3 is 6.18 Å². The van der Waals surface area contributed by atoms with Crippen LogP contribution in [0.4, 0.5) is 13.2 Å². The van der Waals surface area contributed by atoms with E-state index in [1.807, 2.05) is 18.2 Å². The Labute approximate surface area is 226 Å². The van der Waals surface area contributed by atoms with Crippen LogP contribution in [-0.4, -0.2) is 63.6 Å². The second-order valence-corrected chi connectivity index (χ2v) is 9.67. The standard InChI is InChI=1S/C26H22Cl2F3N5O2/c1-38-19-7-3-5-17(13-19)20-14-21(26(29,30)31)36-24(32-20)22(28)23(33-36)25(37)35-10-8-34(9-11-35)15-16-4-2-6-18(27)12-16/h2-7,12-14H,8-11,15H2,1H3. The molecule has 3 heterocycles. The summed E-state index contributed by atoms with van der Waals surface area (Å²) in [6.07, 6.45) is -4.77. The smallest absolute Gasteiger partial charge is 0.433 e. The average molecular weight is 564 g/mol. The maximum Gasteiger partial charge on any atom is 0.433 e.